The summed E-state index contributed by atoms with van der Waals surface area (Å²) in [4.78, 5) is 2.38. The zero-order chi connectivity index (χ0) is 33.9. The standard InChI is InChI=1S/C44H81NO2/c1-5-7-9-11-13-15-17-19-21-23-25-27-29-31-33-35-37-46-43-39-42(45(3)4)40-44(41-43)47-38-36-34-32-30-28-26-24-22-20-18-16-14-12-10-8-6-2/h13-16,19-22,42-44H,5-12,17-18,23-41H2,1-4H3/b15-13-,16-14+,21-19-,22-20+/t42?,43-,44+/m1/s1. The van der Waals surface area contributed by atoms with Gasteiger partial charge in [-0.15, -0.1) is 0 Å². The van der Waals surface area contributed by atoms with Gasteiger partial charge in [0.1, 0.15) is 0 Å². The largest absolute Gasteiger partial charge is 0.378 e. The maximum Gasteiger partial charge on any atom is 0.0614 e. The smallest absolute Gasteiger partial charge is 0.0614 e. The van der Waals surface area contributed by atoms with Crippen molar-refractivity contribution in [1.82, 2.24) is 4.90 Å². The summed E-state index contributed by atoms with van der Waals surface area (Å²) >= 11 is 0. The van der Waals surface area contributed by atoms with Crippen LogP contribution in [0.5, 0.6) is 0 Å². The molecule has 0 aromatic heterocycles. The summed E-state index contributed by atoms with van der Waals surface area (Å²) in [6.07, 6.45) is 53.9. The van der Waals surface area contributed by atoms with E-state index in [9.17, 15) is 0 Å². The summed E-state index contributed by atoms with van der Waals surface area (Å²) in [5, 5.41) is 0. The summed E-state index contributed by atoms with van der Waals surface area (Å²) in [6.45, 7) is 6.37. The van der Waals surface area contributed by atoms with E-state index in [-0.39, 0.29) is 0 Å². The Morgan fingerprint density at radius 3 is 1.13 bits per heavy atom. The third-order valence-corrected chi connectivity index (χ3v) is 9.72. The fourth-order valence-electron chi connectivity index (χ4n) is 6.56. The molecule has 0 aromatic rings. The van der Waals surface area contributed by atoms with E-state index < -0.39 is 0 Å². The number of ether oxygens (including phenoxy) is 2. The number of rotatable bonds is 33. The van der Waals surface area contributed by atoms with Gasteiger partial charge in [-0.1, -0.05) is 140 Å². The molecule has 3 nitrogen and oxygen atoms in total. The van der Waals surface area contributed by atoms with Crippen LogP contribution in [0.1, 0.15) is 187 Å². The molecule has 1 unspecified atom stereocenters. The van der Waals surface area contributed by atoms with E-state index in [0.717, 1.165) is 45.3 Å². The fraction of sp³-hybridized carbons (Fsp3) is 0.818. The Hall–Kier alpha value is -1.16. The van der Waals surface area contributed by atoms with Crippen LogP contribution in [-0.4, -0.2) is 50.5 Å². The Labute approximate surface area is 295 Å². The van der Waals surface area contributed by atoms with Gasteiger partial charge in [-0.05, 0) is 110 Å². The Bertz CT molecular complexity index is 696. The second-order valence-corrected chi connectivity index (χ2v) is 14.5. The molecule has 1 rings (SSSR count). The number of hydrogen-bond acceptors (Lipinski definition) is 3. The topological polar surface area (TPSA) is 21.7 Å². The third kappa shape index (κ3) is 29.5. The highest BCUT2D eigenvalue weighted by Crippen LogP contribution is 2.27. The molecule has 1 aliphatic carbocycles. The van der Waals surface area contributed by atoms with E-state index in [1.165, 1.54) is 141 Å². The first-order valence-electron chi connectivity index (χ1n) is 20.7. The SMILES string of the molecule is CCCCC/C=C\C/C=C\CCCCCCCCO[C@@H]1CC(N(C)C)C[C@H](OCCCCCCCC/C=C/C/C=C/CCCCC)C1. The summed E-state index contributed by atoms with van der Waals surface area (Å²) in [5.74, 6) is 0. The van der Waals surface area contributed by atoms with Crippen LogP contribution in [-0.2, 0) is 9.47 Å². The first-order valence-corrected chi connectivity index (χ1v) is 20.7. The van der Waals surface area contributed by atoms with Gasteiger partial charge in [0, 0.05) is 19.3 Å². The molecule has 0 bridgehead atoms. The fourth-order valence-corrected chi connectivity index (χ4v) is 6.56. The maximum atomic E-state index is 6.42. The predicted molar refractivity (Wildman–Crippen MR) is 210 cm³/mol. The first-order chi connectivity index (χ1) is 23.2. The van der Waals surface area contributed by atoms with Gasteiger partial charge in [0.05, 0.1) is 12.2 Å². The van der Waals surface area contributed by atoms with E-state index in [0.29, 0.717) is 18.2 Å². The molecular weight excluding hydrogens is 574 g/mol. The van der Waals surface area contributed by atoms with Crippen molar-refractivity contribution in [3.63, 3.8) is 0 Å². The molecule has 0 aromatic carbocycles. The molecule has 0 N–H and O–H groups in total. The minimum absolute atomic E-state index is 0.356. The average molecular weight is 656 g/mol. The van der Waals surface area contributed by atoms with Gasteiger partial charge in [-0.3, -0.25) is 0 Å². The van der Waals surface area contributed by atoms with Crippen LogP contribution in [0, 0.1) is 0 Å². The Morgan fingerprint density at radius 1 is 0.426 bits per heavy atom. The van der Waals surface area contributed by atoms with Gasteiger partial charge in [0.2, 0.25) is 0 Å². The monoisotopic (exact) mass is 656 g/mol. The molecule has 0 saturated heterocycles. The molecule has 0 radical (unpaired) electrons. The number of allylic oxidation sites excluding steroid dienone is 8. The highest BCUT2D eigenvalue weighted by molar-refractivity contribution is 4.93. The lowest BCUT2D eigenvalue weighted by Gasteiger charge is -2.38. The van der Waals surface area contributed by atoms with Gasteiger partial charge in [-0.2, -0.15) is 0 Å². The van der Waals surface area contributed by atoms with Crippen LogP contribution in [0.3, 0.4) is 0 Å². The predicted octanol–water partition coefficient (Wildman–Crippen LogP) is 13.5. The van der Waals surface area contributed by atoms with Crippen molar-refractivity contribution in [3.05, 3.63) is 48.6 Å². The Balaban J connectivity index is 2.00. The molecule has 3 atom stereocenters. The molecule has 0 aliphatic heterocycles. The molecular formula is C44H81NO2. The second kappa shape index (κ2) is 34.7. The number of hydrogen-bond donors (Lipinski definition) is 0. The lowest BCUT2D eigenvalue weighted by Crippen LogP contribution is -2.42. The Morgan fingerprint density at radius 2 is 0.766 bits per heavy atom. The lowest BCUT2D eigenvalue weighted by atomic mass is 9.89. The highest BCUT2D eigenvalue weighted by atomic mass is 16.5. The normalized spacial score (nSPS) is 19.1. The van der Waals surface area contributed by atoms with Gasteiger partial charge >= 0.3 is 0 Å². The van der Waals surface area contributed by atoms with Crippen LogP contribution in [0.25, 0.3) is 0 Å². The molecule has 0 spiro atoms. The lowest BCUT2D eigenvalue weighted by molar-refractivity contribution is -0.0667. The number of unbranched alkanes of at least 4 members (excludes halogenated alkanes) is 18. The summed E-state index contributed by atoms with van der Waals surface area (Å²) < 4.78 is 12.8. The molecule has 0 heterocycles. The minimum Gasteiger partial charge on any atom is -0.378 e. The van der Waals surface area contributed by atoms with E-state index in [4.69, 9.17) is 9.47 Å². The van der Waals surface area contributed by atoms with Crippen molar-refractivity contribution in [3.8, 4) is 0 Å². The molecule has 1 fully saturated rings. The molecule has 3 heteroatoms. The van der Waals surface area contributed by atoms with Crippen molar-refractivity contribution in [2.24, 2.45) is 0 Å². The van der Waals surface area contributed by atoms with Crippen molar-refractivity contribution in [2.75, 3.05) is 27.3 Å². The van der Waals surface area contributed by atoms with Crippen molar-refractivity contribution >= 4 is 0 Å². The first kappa shape index (κ1) is 43.9. The van der Waals surface area contributed by atoms with E-state index >= 15 is 0 Å². The van der Waals surface area contributed by atoms with Gasteiger partial charge in [0.25, 0.3) is 0 Å². The zero-order valence-corrected chi connectivity index (χ0v) is 32.1. The van der Waals surface area contributed by atoms with Gasteiger partial charge in [0.15, 0.2) is 0 Å². The van der Waals surface area contributed by atoms with Crippen LogP contribution >= 0.6 is 0 Å². The van der Waals surface area contributed by atoms with Gasteiger partial charge < -0.3 is 14.4 Å². The summed E-state index contributed by atoms with van der Waals surface area (Å²) in [7, 11) is 4.43. The average Bonchev–Trinajstić information content (AvgIpc) is 3.07. The van der Waals surface area contributed by atoms with Crippen LogP contribution in [0.4, 0.5) is 0 Å². The van der Waals surface area contributed by atoms with Gasteiger partial charge in [-0.25, -0.2) is 0 Å². The molecule has 0 amide bonds. The highest BCUT2D eigenvalue weighted by Gasteiger charge is 2.31. The molecule has 47 heavy (non-hydrogen) atoms. The van der Waals surface area contributed by atoms with Crippen molar-refractivity contribution < 1.29 is 9.47 Å². The quantitative estimate of drug-likeness (QED) is 0.0519. The summed E-state index contributed by atoms with van der Waals surface area (Å²) in [6, 6.07) is 0.575. The van der Waals surface area contributed by atoms with Crippen molar-refractivity contribution in [1.29, 1.82) is 0 Å². The molecule has 274 valence electrons. The van der Waals surface area contributed by atoms with Crippen molar-refractivity contribution in [2.45, 2.75) is 205 Å². The molecule has 1 saturated carbocycles. The zero-order valence-electron chi connectivity index (χ0n) is 32.1. The van der Waals surface area contributed by atoms with E-state index in [1.807, 2.05) is 0 Å². The third-order valence-electron chi connectivity index (χ3n) is 9.72. The minimum atomic E-state index is 0.356. The maximum absolute atomic E-state index is 6.42. The summed E-state index contributed by atoms with van der Waals surface area (Å²) in [5.41, 5.74) is 0. The van der Waals surface area contributed by atoms with Crippen LogP contribution < -0.4 is 0 Å². The second-order valence-electron chi connectivity index (χ2n) is 14.5. The van der Waals surface area contributed by atoms with Crippen LogP contribution in [0.2, 0.25) is 0 Å². The number of nitrogens with zero attached hydrogens (tertiary/aromatic N) is 1. The van der Waals surface area contributed by atoms with E-state index in [1.54, 1.807) is 0 Å². The van der Waals surface area contributed by atoms with Crippen LogP contribution in [0.15, 0.2) is 48.6 Å². The Kier molecular flexibility index (Phi) is 32.4. The van der Waals surface area contributed by atoms with E-state index in [2.05, 4.69) is 81.5 Å². The molecule has 1 aliphatic rings.